The van der Waals surface area contributed by atoms with E-state index in [4.69, 9.17) is 10.2 Å². The monoisotopic (exact) mass is 153 g/mol. The maximum absolute atomic E-state index is 8.86. The number of nitrogens with one attached hydrogen (secondary N) is 1. The van der Waals surface area contributed by atoms with Gasteiger partial charge in [0.05, 0.1) is 12.2 Å². The lowest BCUT2D eigenvalue weighted by Gasteiger charge is -2.22. The molecule has 1 aliphatic heterocycles. The van der Waals surface area contributed by atoms with Crippen molar-refractivity contribution >= 4 is 12.4 Å². The van der Waals surface area contributed by atoms with E-state index in [0.717, 1.165) is 0 Å². The zero-order valence-corrected chi connectivity index (χ0v) is 5.90. The summed E-state index contributed by atoms with van der Waals surface area (Å²) in [6, 6.07) is 0. The highest BCUT2D eigenvalue weighted by Crippen LogP contribution is 2.00. The van der Waals surface area contributed by atoms with E-state index in [0.29, 0.717) is 19.5 Å². The molecule has 0 spiro atoms. The van der Waals surface area contributed by atoms with Crippen molar-refractivity contribution in [2.75, 3.05) is 13.1 Å². The van der Waals surface area contributed by atoms with Gasteiger partial charge in [-0.2, -0.15) is 0 Å². The quantitative estimate of drug-likeness (QED) is 0.424. The topological polar surface area (TPSA) is 52.5 Å². The van der Waals surface area contributed by atoms with Gasteiger partial charge in [0.1, 0.15) is 0 Å². The highest BCUT2D eigenvalue weighted by molar-refractivity contribution is 5.85. The van der Waals surface area contributed by atoms with E-state index in [-0.39, 0.29) is 24.6 Å². The largest absolute Gasteiger partial charge is 0.392 e. The summed E-state index contributed by atoms with van der Waals surface area (Å²) in [4.78, 5) is 0. The number of aliphatic hydroxyl groups excluding tert-OH is 2. The smallest absolute Gasteiger partial charge is 0.0689 e. The zero-order valence-electron chi connectivity index (χ0n) is 5.08. The highest BCUT2D eigenvalue weighted by atomic mass is 35.5. The molecule has 56 valence electrons. The van der Waals surface area contributed by atoms with Crippen molar-refractivity contribution in [3.63, 3.8) is 0 Å². The van der Waals surface area contributed by atoms with Crippen molar-refractivity contribution in [1.29, 1.82) is 0 Å². The molecule has 0 aromatic rings. The summed E-state index contributed by atoms with van der Waals surface area (Å²) >= 11 is 0. The molecule has 2 unspecified atom stereocenters. The standard InChI is InChI=1S/C5H11NO2.ClH/c7-4-1-5(8)3-6-2-4;/h4-8H,1-3H2;1H. The fourth-order valence-electron chi connectivity index (χ4n) is 0.897. The van der Waals surface area contributed by atoms with E-state index in [1.54, 1.807) is 0 Å². The number of rotatable bonds is 0. The maximum atomic E-state index is 8.86. The Bertz CT molecular complexity index is 73.4. The Morgan fingerprint density at radius 1 is 1.11 bits per heavy atom. The van der Waals surface area contributed by atoms with E-state index in [2.05, 4.69) is 5.32 Å². The van der Waals surface area contributed by atoms with Gasteiger partial charge in [-0.25, -0.2) is 0 Å². The van der Waals surface area contributed by atoms with Gasteiger partial charge in [-0.3, -0.25) is 0 Å². The van der Waals surface area contributed by atoms with Crippen LogP contribution in [0.15, 0.2) is 0 Å². The number of hydrogen-bond acceptors (Lipinski definition) is 3. The third-order valence-corrected chi connectivity index (χ3v) is 1.30. The molecule has 0 amide bonds. The van der Waals surface area contributed by atoms with Crippen molar-refractivity contribution in [1.82, 2.24) is 5.32 Å². The molecule has 0 aromatic carbocycles. The van der Waals surface area contributed by atoms with Crippen LogP contribution >= 0.6 is 12.4 Å². The summed E-state index contributed by atoms with van der Waals surface area (Å²) in [5.74, 6) is 0. The molecule has 1 heterocycles. The summed E-state index contributed by atoms with van der Waals surface area (Å²) in [6.07, 6.45) is -0.176. The van der Waals surface area contributed by atoms with Crippen LogP contribution in [0.4, 0.5) is 0 Å². The van der Waals surface area contributed by atoms with Crippen LogP contribution in [-0.4, -0.2) is 35.5 Å². The molecule has 1 saturated heterocycles. The first kappa shape index (κ1) is 9.17. The second-order valence-corrected chi connectivity index (χ2v) is 2.20. The van der Waals surface area contributed by atoms with Crippen molar-refractivity contribution < 1.29 is 10.2 Å². The summed E-state index contributed by atoms with van der Waals surface area (Å²) in [6.45, 7) is 1.24. The molecule has 1 aliphatic rings. The van der Waals surface area contributed by atoms with E-state index in [1.165, 1.54) is 0 Å². The molecule has 4 heteroatoms. The van der Waals surface area contributed by atoms with Crippen LogP contribution in [0.1, 0.15) is 6.42 Å². The molecule has 0 aliphatic carbocycles. The van der Waals surface area contributed by atoms with E-state index < -0.39 is 0 Å². The van der Waals surface area contributed by atoms with Gasteiger partial charge in [-0.15, -0.1) is 12.4 Å². The van der Waals surface area contributed by atoms with Gasteiger partial charge < -0.3 is 15.5 Å². The van der Waals surface area contributed by atoms with Crippen LogP contribution in [0.2, 0.25) is 0 Å². The maximum Gasteiger partial charge on any atom is 0.0689 e. The lowest BCUT2D eigenvalue weighted by Crippen LogP contribution is -2.42. The third kappa shape index (κ3) is 3.01. The van der Waals surface area contributed by atoms with Crippen molar-refractivity contribution in [3.8, 4) is 0 Å². The molecule has 9 heavy (non-hydrogen) atoms. The van der Waals surface area contributed by atoms with Gasteiger partial charge >= 0.3 is 0 Å². The fourth-order valence-corrected chi connectivity index (χ4v) is 0.897. The summed E-state index contributed by atoms with van der Waals surface area (Å²) in [5, 5.41) is 20.6. The number of halogens is 1. The normalized spacial score (nSPS) is 35.3. The van der Waals surface area contributed by atoms with Gasteiger partial charge in [-0.1, -0.05) is 0 Å². The minimum atomic E-state index is -0.348. The van der Waals surface area contributed by atoms with Crippen molar-refractivity contribution in [3.05, 3.63) is 0 Å². The highest BCUT2D eigenvalue weighted by Gasteiger charge is 2.16. The first-order valence-electron chi connectivity index (χ1n) is 2.86. The molecule has 1 fully saturated rings. The Morgan fingerprint density at radius 3 is 1.78 bits per heavy atom. The van der Waals surface area contributed by atoms with Crippen LogP contribution < -0.4 is 5.32 Å². The summed E-state index contributed by atoms with van der Waals surface area (Å²) in [7, 11) is 0. The third-order valence-electron chi connectivity index (χ3n) is 1.30. The number of β-amino-alcohol motifs (C(OH)–C–C–N with tert-alkyl or cyclic N) is 2. The van der Waals surface area contributed by atoms with Crippen LogP contribution in [0.25, 0.3) is 0 Å². The lowest BCUT2D eigenvalue weighted by atomic mass is 10.1. The minimum Gasteiger partial charge on any atom is -0.392 e. The van der Waals surface area contributed by atoms with Crippen molar-refractivity contribution in [2.24, 2.45) is 0 Å². The summed E-state index contributed by atoms with van der Waals surface area (Å²) in [5.41, 5.74) is 0. The zero-order chi connectivity index (χ0) is 5.98. The molecular weight excluding hydrogens is 142 g/mol. The Hall–Kier alpha value is 0.170. The number of aliphatic hydroxyl groups is 2. The van der Waals surface area contributed by atoms with Gasteiger partial charge in [0.2, 0.25) is 0 Å². The van der Waals surface area contributed by atoms with Crippen molar-refractivity contribution in [2.45, 2.75) is 18.6 Å². The molecule has 0 aromatic heterocycles. The van der Waals surface area contributed by atoms with Gasteiger partial charge in [-0.05, 0) is 0 Å². The van der Waals surface area contributed by atoms with Gasteiger partial charge in [0, 0.05) is 19.5 Å². The van der Waals surface area contributed by atoms with E-state index >= 15 is 0 Å². The molecule has 1 rings (SSSR count). The number of hydrogen-bond donors (Lipinski definition) is 3. The van der Waals surface area contributed by atoms with E-state index in [9.17, 15) is 0 Å². The fraction of sp³-hybridized carbons (Fsp3) is 1.00. The van der Waals surface area contributed by atoms with Crippen LogP contribution in [0.5, 0.6) is 0 Å². The first-order chi connectivity index (χ1) is 3.79. The Morgan fingerprint density at radius 2 is 1.56 bits per heavy atom. The average Bonchev–Trinajstić information content (AvgIpc) is 1.64. The molecule has 0 radical (unpaired) electrons. The Labute approximate surface area is 60.5 Å². The predicted molar refractivity (Wildman–Crippen MR) is 36.7 cm³/mol. The number of piperidine rings is 1. The average molecular weight is 154 g/mol. The van der Waals surface area contributed by atoms with Gasteiger partial charge in [0.15, 0.2) is 0 Å². The molecule has 0 saturated carbocycles. The molecule has 3 nitrogen and oxygen atoms in total. The Balaban J connectivity index is 0.000000640. The van der Waals surface area contributed by atoms with Crippen LogP contribution in [0.3, 0.4) is 0 Å². The first-order valence-corrected chi connectivity index (χ1v) is 2.86. The van der Waals surface area contributed by atoms with Crippen LogP contribution in [0, 0.1) is 0 Å². The second-order valence-electron chi connectivity index (χ2n) is 2.20. The lowest BCUT2D eigenvalue weighted by molar-refractivity contribution is 0.0529. The SMILES string of the molecule is Cl.OC1CNCC(O)C1. The molecule has 3 N–H and O–H groups in total. The summed E-state index contributed by atoms with van der Waals surface area (Å²) < 4.78 is 0. The Kier molecular flexibility index (Phi) is 4.14. The molecule has 2 atom stereocenters. The molecular formula is C5H12ClNO2. The second kappa shape index (κ2) is 4.06. The predicted octanol–water partition coefficient (Wildman–Crippen LogP) is -0.877. The van der Waals surface area contributed by atoms with E-state index in [1.807, 2.05) is 0 Å². The van der Waals surface area contributed by atoms with Crippen LogP contribution in [-0.2, 0) is 0 Å². The molecule has 0 bridgehead atoms. The van der Waals surface area contributed by atoms with Gasteiger partial charge in [0.25, 0.3) is 0 Å². The minimum absolute atomic E-state index is 0.